The standard InChI is InChI=1S/C20H30O4/c1-6-9-10-23-19(21)17-11-15(7-2)16(8-3)12-18(17)20(22)24-13-14(4)5/h11-12,14H,6-10,13H2,1-5H3. The van der Waals surface area contributed by atoms with E-state index in [0.29, 0.717) is 24.3 Å². The molecule has 0 aliphatic rings. The fraction of sp³-hybridized carbons (Fsp3) is 0.600. The highest BCUT2D eigenvalue weighted by Crippen LogP contribution is 2.21. The Balaban J connectivity index is 3.16. The summed E-state index contributed by atoms with van der Waals surface area (Å²) in [4.78, 5) is 24.9. The molecule has 0 aliphatic carbocycles. The Kier molecular flexibility index (Phi) is 8.51. The van der Waals surface area contributed by atoms with Crippen molar-refractivity contribution >= 4 is 11.9 Å². The minimum Gasteiger partial charge on any atom is -0.462 e. The zero-order chi connectivity index (χ0) is 18.1. The van der Waals surface area contributed by atoms with Gasteiger partial charge >= 0.3 is 11.9 Å². The van der Waals surface area contributed by atoms with Gasteiger partial charge in [0.05, 0.1) is 24.3 Å². The van der Waals surface area contributed by atoms with Crippen LogP contribution in [0.15, 0.2) is 12.1 Å². The maximum absolute atomic E-state index is 12.4. The molecule has 24 heavy (non-hydrogen) atoms. The first kappa shape index (κ1) is 20.2. The van der Waals surface area contributed by atoms with E-state index in [1.807, 2.05) is 34.6 Å². The number of carbonyl (C=O) groups excluding carboxylic acids is 2. The van der Waals surface area contributed by atoms with E-state index >= 15 is 0 Å². The second-order valence-corrected chi connectivity index (χ2v) is 6.36. The molecule has 0 N–H and O–H groups in total. The van der Waals surface area contributed by atoms with Crippen LogP contribution in [0.25, 0.3) is 0 Å². The van der Waals surface area contributed by atoms with Crippen molar-refractivity contribution in [2.24, 2.45) is 5.92 Å². The molecule has 0 spiro atoms. The topological polar surface area (TPSA) is 52.6 Å². The third-order valence-electron chi connectivity index (χ3n) is 3.82. The van der Waals surface area contributed by atoms with Crippen LogP contribution in [0.1, 0.15) is 79.3 Å². The first-order valence-electron chi connectivity index (χ1n) is 8.94. The number of hydrogen-bond donors (Lipinski definition) is 0. The van der Waals surface area contributed by atoms with Gasteiger partial charge in [-0.3, -0.25) is 0 Å². The summed E-state index contributed by atoms with van der Waals surface area (Å²) >= 11 is 0. The molecule has 134 valence electrons. The molecule has 0 aliphatic heterocycles. The number of ether oxygens (including phenoxy) is 2. The molecule has 0 saturated heterocycles. The second kappa shape index (κ2) is 10.1. The van der Waals surface area contributed by atoms with Crippen LogP contribution < -0.4 is 0 Å². The van der Waals surface area contributed by atoms with Crippen molar-refractivity contribution in [3.63, 3.8) is 0 Å². The molecule has 0 unspecified atom stereocenters. The van der Waals surface area contributed by atoms with E-state index in [1.165, 1.54) is 0 Å². The summed E-state index contributed by atoms with van der Waals surface area (Å²) in [5.74, 6) is -0.657. The maximum atomic E-state index is 12.4. The first-order valence-corrected chi connectivity index (χ1v) is 8.94. The fourth-order valence-electron chi connectivity index (χ4n) is 2.39. The summed E-state index contributed by atoms with van der Waals surface area (Å²) in [6, 6.07) is 3.58. The van der Waals surface area contributed by atoms with Crippen molar-refractivity contribution in [1.82, 2.24) is 0 Å². The van der Waals surface area contributed by atoms with E-state index in [2.05, 4.69) is 0 Å². The summed E-state index contributed by atoms with van der Waals surface area (Å²) in [7, 11) is 0. The number of benzene rings is 1. The van der Waals surface area contributed by atoms with Crippen LogP contribution >= 0.6 is 0 Å². The predicted molar refractivity (Wildman–Crippen MR) is 95.5 cm³/mol. The minimum absolute atomic E-state index is 0.245. The van der Waals surface area contributed by atoms with Gasteiger partial charge in [-0.1, -0.05) is 41.0 Å². The molecule has 0 saturated carbocycles. The van der Waals surface area contributed by atoms with Gasteiger partial charge in [0.15, 0.2) is 0 Å². The quantitative estimate of drug-likeness (QED) is 0.490. The van der Waals surface area contributed by atoms with Crippen molar-refractivity contribution in [2.45, 2.75) is 60.3 Å². The third kappa shape index (κ3) is 5.66. The summed E-state index contributed by atoms with van der Waals surface area (Å²) < 4.78 is 10.6. The van der Waals surface area contributed by atoms with Crippen molar-refractivity contribution < 1.29 is 19.1 Å². The molecule has 0 bridgehead atoms. The highest BCUT2D eigenvalue weighted by atomic mass is 16.5. The molecular formula is C20H30O4. The van der Waals surface area contributed by atoms with E-state index in [9.17, 15) is 9.59 Å². The Morgan fingerprint density at radius 2 is 1.42 bits per heavy atom. The molecule has 0 aromatic heterocycles. The molecule has 0 heterocycles. The van der Waals surface area contributed by atoms with Crippen molar-refractivity contribution in [3.8, 4) is 0 Å². The summed E-state index contributed by atoms with van der Waals surface area (Å²) in [6.07, 6.45) is 3.37. The monoisotopic (exact) mass is 334 g/mol. The van der Waals surface area contributed by atoms with Gasteiger partial charge in [0.2, 0.25) is 0 Å². The molecule has 0 radical (unpaired) electrons. The Morgan fingerprint density at radius 3 is 1.83 bits per heavy atom. The minimum atomic E-state index is -0.455. The second-order valence-electron chi connectivity index (χ2n) is 6.36. The smallest absolute Gasteiger partial charge is 0.339 e. The number of rotatable bonds is 9. The van der Waals surface area contributed by atoms with Gasteiger partial charge in [-0.15, -0.1) is 0 Å². The fourth-order valence-corrected chi connectivity index (χ4v) is 2.39. The molecule has 1 rings (SSSR count). The van der Waals surface area contributed by atoms with Crippen LogP contribution in [0.3, 0.4) is 0 Å². The summed E-state index contributed by atoms with van der Waals surface area (Å²) in [5, 5.41) is 0. The first-order chi connectivity index (χ1) is 11.4. The lowest BCUT2D eigenvalue weighted by atomic mass is 9.95. The highest BCUT2D eigenvalue weighted by Gasteiger charge is 2.22. The van der Waals surface area contributed by atoms with Crippen LogP contribution in [0.2, 0.25) is 0 Å². The van der Waals surface area contributed by atoms with E-state index in [4.69, 9.17) is 9.47 Å². The van der Waals surface area contributed by atoms with Crippen molar-refractivity contribution in [3.05, 3.63) is 34.4 Å². The maximum Gasteiger partial charge on any atom is 0.339 e. The Bertz CT molecular complexity index is 561. The number of hydrogen-bond acceptors (Lipinski definition) is 4. The Hall–Kier alpha value is -1.84. The van der Waals surface area contributed by atoms with Crippen LogP contribution in [-0.4, -0.2) is 25.2 Å². The van der Waals surface area contributed by atoms with Crippen molar-refractivity contribution in [1.29, 1.82) is 0 Å². The zero-order valence-corrected chi connectivity index (χ0v) is 15.6. The lowest BCUT2D eigenvalue weighted by Gasteiger charge is -2.15. The summed E-state index contributed by atoms with van der Waals surface area (Å²) in [5.41, 5.74) is 2.76. The number of aryl methyl sites for hydroxylation is 2. The van der Waals surface area contributed by atoms with Gasteiger partial charge in [0.1, 0.15) is 0 Å². The highest BCUT2D eigenvalue weighted by molar-refractivity contribution is 6.03. The van der Waals surface area contributed by atoms with Crippen LogP contribution in [0.4, 0.5) is 0 Å². The average Bonchev–Trinajstić information content (AvgIpc) is 2.58. The Morgan fingerprint density at radius 1 is 0.917 bits per heavy atom. The number of unbranched alkanes of at least 4 members (excludes halogenated alkanes) is 1. The molecule has 0 amide bonds. The molecule has 1 aromatic rings. The van der Waals surface area contributed by atoms with Crippen LogP contribution in [-0.2, 0) is 22.3 Å². The molecule has 1 aromatic carbocycles. The van der Waals surface area contributed by atoms with E-state index in [-0.39, 0.29) is 5.92 Å². The molecule has 4 nitrogen and oxygen atoms in total. The Labute approximate surface area is 145 Å². The lowest BCUT2D eigenvalue weighted by molar-refractivity contribution is 0.0428. The SMILES string of the molecule is CCCCOC(=O)c1cc(CC)c(CC)cc1C(=O)OCC(C)C. The largest absolute Gasteiger partial charge is 0.462 e. The molecule has 4 heteroatoms. The molecular weight excluding hydrogens is 304 g/mol. The van der Waals surface area contributed by atoms with Crippen LogP contribution in [0, 0.1) is 5.92 Å². The van der Waals surface area contributed by atoms with Crippen molar-refractivity contribution in [2.75, 3.05) is 13.2 Å². The van der Waals surface area contributed by atoms with Gasteiger partial charge in [0.25, 0.3) is 0 Å². The van der Waals surface area contributed by atoms with Gasteiger partial charge in [0, 0.05) is 0 Å². The number of carbonyl (C=O) groups is 2. The molecule has 0 fully saturated rings. The normalized spacial score (nSPS) is 10.8. The van der Waals surface area contributed by atoms with Gasteiger partial charge < -0.3 is 9.47 Å². The zero-order valence-electron chi connectivity index (χ0n) is 15.6. The van der Waals surface area contributed by atoms with Gasteiger partial charge in [-0.25, -0.2) is 9.59 Å². The molecule has 0 atom stereocenters. The van der Waals surface area contributed by atoms with E-state index in [1.54, 1.807) is 12.1 Å². The van der Waals surface area contributed by atoms with Gasteiger partial charge in [-0.2, -0.15) is 0 Å². The third-order valence-corrected chi connectivity index (χ3v) is 3.82. The number of esters is 2. The van der Waals surface area contributed by atoms with E-state index < -0.39 is 11.9 Å². The summed E-state index contributed by atoms with van der Waals surface area (Å²) in [6.45, 7) is 10.8. The van der Waals surface area contributed by atoms with E-state index in [0.717, 1.165) is 36.8 Å². The van der Waals surface area contributed by atoms with Crippen LogP contribution in [0.5, 0.6) is 0 Å². The lowest BCUT2D eigenvalue weighted by Crippen LogP contribution is -2.17. The average molecular weight is 334 g/mol. The van der Waals surface area contributed by atoms with Gasteiger partial charge in [-0.05, 0) is 48.4 Å². The predicted octanol–water partition coefficient (Wildman–Crippen LogP) is 4.58.